The molecule has 0 N–H and O–H groups in total. The summed E-state index contributed by atoms with van der Waals surface area (Å²) in [6, 6.07) is 5.77. The van der Waals surface area contributed by atoms with E-state index in [0.717, 1.165) is 34.5 Å². The number of thioether (sulfide) groups is 1. The smallest absolute Gasteiger partial charge is 0.209 e. The van der Waals surface area contributed by atoms with Gasteiger partial charge in [-0.15, -0.1) is 5.10 Å². The second-order valence-corrected chi connectivity index (χ2v) is 5.95. The number of hydrogen-bond acceptors (Lipinski definition) is 6. The Kier molecular flexibility index (Phi) is 5.44. The van der Waals surface area contributed by atoms with Crippen LogP contribution in [0.4, 0.5) is 0 Å². The fourth-order valence-electron chi connectivity index (χ4n) is 1.90. The fraction of sp³-hybridized carbons (Fsp3) is 0.500. The molecule has 114 valence electrons. The van der Waals surface area contributed by atoms with Crippen molar-refractivity contribution in [3.8, 4) is 11.5 Å². The molecule has 1 heterocycles. The quantitative estimate of drug-likeness (QED) is 0.733. The lowest BCUT2D eigenvalue weighted by Gasteiger charge is -2.10. The summed E-state index contributed by atoms with van der Waals surface area (Å²) >= 11 is 1.59. The Hall–Kier alpha value is -1.76. The molecule has 0 atom stereocenters. The van der Waals surface area contributed by atoms with Crippen molar-refractivity contribution in [3.05, 3.63) is 23.8 Å². The number of ether oxygens (including phenoxy) is 2. The second kappa shape index (κ2) is 7.31. The maximum atomic E-state index is 5.38. The van der Waals surface area contributed by atoms with E-state index in [-0.39, 0.29) is 0 Å². The number of aromatic nitrogens is 4. The molecule has 2 rings (SSSR count). The standard InChI is InChI=1S/C14H20N4O2S/c1-10(2)8-18-14(15-16-17-18)21-9-11-7-12(19-3)5-6-13(11)20-4/h5-7,10H,8-9H2,1-4H3. The normalized spacial score (nSPS) is 10.9. The molecule has 0 saturated heterocycles. The van der Waals surface area contributed by atoms with Gasteiger partial charge < -0.3 is 9.47 Å². The largest absolute Gasteiger partial charge is 0.497 e. The summed E-state index contributed by atoms with van der Waals surface area (Å²) in [5.74, 6) is 2.87. The van der Waals surface area contributed by atoms with E-state index in [2.05, 4.69) is 29.4 Å². The predicted molar refractivity (Wildman–Crippen MR) is 81.8 cm³/mol. The van der Waals surface area contributed by atoms with Crippen molar-refractivity contribution in [2.24, 2.45) is 5.92 Å². The van der Waals surface area contributed by atoms with E-state index in [9.17, 15) is 0 Å². The summed E-state index contributed by atoms with van der Waals surface area (Å²) in [6.45, 7) is 5.09. The molecule has 0 spiro atoms. The summed E-state index contributed by atoms with van der Waals surface area (Å²) in [7, 11) is 3.32. The minimum atomic E-state index is 0.499. The van der Waals surface area contributed by atoms with Gasteiger partial charge in [-0.2, -0.15) is 0 Å². The zero-order valence-electron chi connectivity index (χ0n) is 12.7. The van der Waals surface area contributed by atoms with Crippen molar-refractivity contribution in [3.63, 3.8) is 0 Å². The van der Waals surface area contributed by atoms with Gasteiger partial charge in [0.1, 0.15) is 11.5 Å². The molecule has 0 radical (unpaired) electrons. The van der Waals surface area contributed by atoms with Crippen LogP contribution in [0.2, 0.25) is 0 Å². The van der Waals surface area contributed by atoms with Gasteiger partial charge in [-0.05, 0) is 34.5 Å². The molecule has 0 aliphatic carbocycles. The molecule has 1 aromatic heterocycles. The van der Waals surface area contributed by atoms with Crippen molar-refractivity contribution in [1.29, 1.82) is 0 Å². The summed E-state index contributed by atoms with van der Waals surface area (Å²) in [5, 5.41) is 12.7. The van der Waals surface area contributed by atoms with Crippen LogP contribution in [0.3, 0.4) is 0 Å². The number of rotatable bonds is 7. The van der Waals surface area contributed by atoms with Gasteiger partial charge in [0.2, 0.25) is 5.16 Å². The van der Waals surface area contributed by atoms with E-state index in [4.69, 9.17) is 9.47 Å². The molecule has 0 aliphatic rings. The summed E-state index contributed by atoms with van der Waals surface area (Å²) in [4.78, 5) is 0. The maximum Gasteiger partial charge on any atom is 0.209 e. The number of hydrogen-bond donors (Lipinski definition) is 0. The number of benzene rings is 1. The number of methoxy groups -OCH3 is 2. The molecule has 21 heavy (non-hydrogen) atoms. The van der Waals surface area contributed by atoms with E-state index in [1.807, 2.05) is 22.9 Å². The van der Waals surface area contributed by atoms with Gasteiger partial charge in [0.15, 0.2) is 0 Å². The Morgan fingerprint density at radius 1 is 1.24 bits per heavy atom. The van der Waals surface area contributed by atoms with E-state index in [0.29, 0.717) is 5.92 Å². The lowest BCUT2D eigenvalue weighted by molar-refractivity contribution is 0.400. The minimum Gasteiger partial charge on any atom is -0.497 e. The van der Waals surface area contributed by atoms with E-state index < -0.39 is 0 Å². The monoisotopic (exact) mass is 308 g/mol. The summed E-state index contributed by atoms with van der Waals surface area (Å²) < 4.78 is 12.5. The molecule has 2 aromatic rings. The van der Waals surface area contributed by atoms with Crippen molar-refractivity contribution in [2.75, 3.05) is 14.2 Å². The molecule has 0 aliphatic heterocycles. The van der Waals surface area contributed by atoms with Crippen LogP contribution in [0.15, 0.2) is 23.4 Å². The third-order valence-electron chi connectivity index (χ3n) is 2.88. The van der Waals surface area contributed by atoms with Crippen LogP contribution in [0.1, 0.15) is 19.4 Å². The van der Waals surface area contributed by atoms with Crippen molar-refractivity contribution in [1.82, 2.24) is 20.2 Å². The Morgan fingerprint density at radius 2 is 2.05 bits per heavy atom. The molecule has 7 heteroatoms. The van der Waals surface area contributed by atoms with Gasteiger partial charge >= 0.3 is 0 Å². The first-order valence-corrected chi connectivity index (χ1v) is 7.72. The number of tetrazole rings is 1. The third-order valence-corrected chi connectivity index (χ3v) is 3.89. The molecule has 0 saturated carbocycles. The van der Waals surface area contributed by atoms with Crippen LogP contribution in [0, 0.1) is 5.92 Å². The van der Waals surface area contributed by atoms with Crippen molar-refractivity contribution >= 4 is 11.8 Å². The highest BCUT2D eigenvalue weighted by molar-refractivity contribution is 7.98. The van der Waals surface area contributed by atoms with Crippen LogP contribution in [0.5, 0.6) is 11.5 Å². The first-order valence-electron chi connectivity index (χ1n) is 6.74. The lowest BCUT2D eigenvalue weighted by Crippen LogP contribution is -2.07. The molecule has 0 amide bonds. The van der Waals surface area contributed by atoms with Gasteiger partial charge in [-0.1, -0.05) is 25.6 Å². The first kappa shape index (κ1) is 15.6. The molecule has 0 unspecified atom stereocenters. The fourth-order valence-corrected chi connectivity index (χ4v) is 2.76. The third kappa shape index (κ3) is 4.10. The van der Waals surface area contributed by atoms with Crippen LogP contribution >= 0.6 is 11.8 Å². The second-order valence-electron chi connectivity index (χ2n) is 5.00. The molecule has 0 fully saturated rings. The first-order chi connectivity index (χ1) is 10.1. The Balaban J connectivity index is 2.11. The van der Waals surface area contributed by atoms with Crippen LogP contribution in [-0.2, 0) is 12.3 Å². The minimum absolute atomic E-state index is 0.499. The Morgan fingerprint density at radius 3 is 2.71 bits per heavy atom. The average molecular weight is 308 g/mol. The van der Waals surface area contributed by atoms with Crippen LogP contribution in [-0.4, -0.2) is 34.4 Å². The number of nitrogens with zero attached hydrogens (tertiary/aromatic N) is 4. The predicted octanol–water partition coefficient (Wildman–Crippen LogP) is 2.64. The molecular weight excluding hydrogens is 288 g/mol. The van der Waals surface area contributed by atoms with Crippen molar-refractivity contribution in [2.45, 2.75) is 31.3 Å². The highest BCUT2D eigenvalue weighted by Crippen LogP contribution is 2.29. The summed E-state index contributed by atoms with van der Waals surface area (Å²) in [5.41, 5.74) is 1.06. The van der Waals surface area contributed by atoms with Gasteiger partial charge in [0.05, 0.1) is 14.2 Å². The highest BCUT2D eigenvalue weighted by atomic mass is 32.2. The maximum absolute atomic E-state index is 5.38. The molecular formula is C14H20N4O2S. The molecule has 6 nitrogen and oxygen atoms in total. The van der Waals surface area contributed by atoms with Gasteiger partial charge in [-0.3, -0.25) is 0 Å². The topological polar surface area (TPSA) is 62.1 Å². The van der Waals surface area contributed by atoms with Crippen molar-refractivity contribution < 1.29 is 9.47 Å². The van der Waals surface area contributed by atoms with Gasteiger partial charge in [-0.25, -0.2) is 4.68 Å². The molecule has 1 aromatic carbocycles. The highest BCUT2D eigenvalue weighted by Gasteiger charge is 2.11. The lowest BCUT2D eigenvalue weighted by atomic mass is 10.2. The van der Waals surface area contributed by atoms with Gasteiger partial charge in [0, 0.05) is 17.9 Å². The molecule has 0 bridgehead atoms. The van der Waals surface area contributed by atoms with Gasteiger partial charge in [0.25, 0.3) is 0 Å². The van der Waals surface area contributed by atoms with E-state index in [1.54, 1.807) is 26.0 Å². The Labute approximate surface area is 128 Å². The summed E-state index contributed by atoms with van der Waals surface area (Å²) in [6.07, 6.45) is 0. The Bertz CT molecular complexity index is 586. The van der Waals surface area contributed by atoms with E-state index >= 15 is 0 Å². The zero-order chi connectivity index (χ0) is 15.2. The zero-order valence-corrected chi connectivity index (χ0v) is 13.6. The SMILES string of the molecule is COc1ccc(OC)c(CSc2nnnn2CC(C)C)c1. The van der Waals surface area contributed by atoms with Crippen LogP contribution in [0.25, 0.3) is 0 Å². The average Bonchev–Trinajstić information content (AvgIpc) is 2.91. The van der Waals surface area contributed by atoms with E-state index in [1.165, 1.54) is 0 Å². The van der Waals surface area contributed by atoms with Crippen LogP contribution < -0.4 is 9.47 Å².